The zero-order valence-electron chi connectivity index (χ0n) is 9.66. The minimum Gasteiger partial charge on any atom is -0.314 e. The number of pyridine rings is 1. The lowest BCUT2D eigenvalue weighted by atomic mass is 10.0. The molecule has 90 valence electrons. The highest BCUT2D eigenvalue weighted by molar-refractivity contribution is 7.19. The van der Waals surface area contributed by atoms with E-state index in [1.54, 1.807) is 17.4 Å². The third-order valence-corrected chi connectivity index (χ3v) is 4.18. The van der Waals surface area contributed by atoms with Crippen LogP contribution in [0.15, 0.2) is 41.2 Å². The van der Waals surface area contributed by atoms with Gasteiger partial charge >= 0.3 is 0 Å². The lowest BCUT2D eigenvalue weighted by molar-refractivity contribution is 1.33. The smallest absolute Gasteiger partial charge is 0.249 e. The standard InChI is InChI=1S/C14H10ClNOS/c1-8-13(9-2-4-10(15)5-3-9)11-6-7-12(17)16-14(11)18-8/h2-7H,1H3,(H,16,17). The maximum absolute atomic E-state index is 11.3. The molecule has 0 spiro atoms. The molecule has 3 rings (SSSR count). The lowest BCUT2D eigenvalue weighted by Crippen LogP contribution is -2.00. The van der Waals surface area contributed by atoms with E-state index < -0.39 is 0 Å². The third kappa shape index (κ3) is 1.85. The van der Waals surface area contributed by atoms with Crippen molar-refractivity contribution in [1.82, 2.24) is 4.98 Å². The molecule has 0 saturated heterocycles. The molecule has 2 aromatic heterocycles. The van der Waals surface area contributed by atoms with Crippen molar-refractivity contribution in [2.24, 2.45) is 0 Å². The van der Waals surface area contributed by atoms with Gasteiger partial charge in [-0.3, -0.25) is 4.79 Å². The summed E-state index contributed by atoms with van der Waals surface area (Å²) in [6, 6.07) is 11.2. The third-order valence-electron chi connectivity index (χ3n) is 2.89. The number of nitrogens with one attached hydrogen (secondary N) is 1. The van der Waals surface area contributed by atoms with Crippen LogP contribution in [0.3, 0.4) is 0 Å². The Morgan fingerprint density at radius 1 is 1.11 bits per heavy atom. The molecule has 2 nitrogen and oxygen atoms in total. The van der Waals surface area contributed by atoms with Crippen molar-refractivity contribution >= 4 is 33.2 Å². The largest absolute Gasteiger partial charge is 0.314 e. The number of hydrogen-bond donors (Lipinski definition) is 1. The van der Waals surface area contributed by atoms with Gasteiger partial charge in [0.1, 0.15) is 4.83 Å². The van der Waals surface area contributed by atoms with E-state index in [0.717, 1.165) is 20.8 Å². The van der Waals surface area contributed by atoms with E-state index in [0.29, 0.717) is 0 Å². The Labute approximate surface area is 113 Å². The summed E-state index contributed by atoms with van der Waals surface area (Å²) >= 11 is 7.51. The summed E-state index contributed by atoms with van der Waals surface area (Å²) in [7, 11) is 0. The van der Waals surface area contributed by atoms with Gasteiger partial charge in [0.25, 0.3) is 0 Å². The lowest BCUT2D eigenvalue weighted by Gasteiger charge is -2.02. The Morgan fingerprint density at radius 2 is 1.83 bits per heavy atom. The number of aromatic amines is 1. The van der Waals surface area contributed by atoms with Crippen molar-refractivity contribution in [1.29, 1.82) is 0 Å². The summed E-state index contributed by atoms with van der Waals surface area (Å²) in [6.45, 7) is 2.06. The highest BCUT2D eigenvalue weighted by Gasteiger charge is 2.11. The highest BCUT2D eigenvalue weighted by atomic mass is 35.5. The summed E-state index contributed by atoms with van der Waals surface area (Å²) in [6.07, 6.45) is 0. The summed E-state index contributed by atoms with van der Waals surface area (Å²) < 4.78 is 0. The second-order valence-electron chi connectivity index (χ2n) is 4.11. The van der Waals surface area contributed by atoms with E-state index >= 15 is 0 Å². The summed E-state index contributed by atoms with van der Waals surface area (Å²) in [5.41, 5.74) is 2.23. The number of aromatic nitrogens is 1. The van der Waals surface area contributed by atoms with E-state index in [4.69, 9.17) is 11.6 Å². The Balaban J connectivity index is 2.31. The first-order chi connectivity index (χ1) is 8.65. The van der Waals surface area contributed by atoms with Crippen LogP contribution in [0.5, 0.6) is 0 Å². The Bertz CT molecular complexity index is 771. The van der Waals surface area contributed by atoms with Gasteiger partial charge in [0.15, 0.2) is 0 Å². The van der Waals surface area contributed by atoms with Crippen LogP contribution in [0.25, 0.3) is 21.3 Å². The Hall–Kier alpha value is -1.58. The van der Waals surface area contributed by atoms with Gasteiger partial charge in [-0.2, -0.15) is 0 Å². The molecular formula is C14H10ClNOS. The van der Waals surface area contributed by atoms with Crippen molar-refractivity contribution in [3.05, 3.63) is 56.7 Å². The first kappa shape index (κ1) is 11.5. The van der Waals surface area contributed by atoms with Crippen LogP contribution in [0.2, 0.25) is 5.02 Å². The number of thiophene rings is 1. The summed E-state index contributed by atoms with van der Waals surface area (Å²) in [5, 5.41) is 1.81. The number of aryl methyl sites for hydroxylation is 1. The average molecular weight is 276 g/mol. The van der Waals surface area contributed by atoms with Crippen molar-refractivity contribution in [3.63, 3.8) is 0 Å². The van der Waals surface area contributed by atoms with Crippen LogP contribution < -0.4 is 5.56 Å². The van der Waals surface area contributed by atoms with Gasteiger partial charge in [0.2, 0.25) is 5.56 Å². The van der Waals surface area contributed by atoms with E-state index in [-0.39, 0.29) is 5.56 Å². The number of hydrogen-bond acceptors (Lipinski definition) is 2. The molecule has 0 bridgehead atoms. The number of halogens is 1. The van der Waals surface area contributed by atoms with Gasteiger partial charge in [-0.15, -0.1) is 11.3 Å². The molecule has 0 aliphatic heterocycles. The van der Waals surface area contributed by atoms with Crippen LogP contribution in [0, 0.1) is 6.92 Å². The molecule has 2 heterocycles. The molecule has 0 amide bonds. The maximum Gasteiger partial charge on any atom is 0.249 e. The number of rotatable bonds is 1. The van der Waals surface area contributed by atoms with Gasteiger partial charge in [-0.1, -0.05) is 23.7 Å². The van der Waals surface area contributed by atoms with Crippen LogP contribution in [-0.4, -0.2) is 4.98 Å². The van der Waals surface area contributed by atoms with Crippen LogP contribution in [0.4, 0.5) is 0 Å². The number of benzene rings is 1. The molecule has 0 fully saturated rings. The van der Waals surface area contributed by atoms with Crippen molar-refractivity contribution in [2.45, 2.75) is 6.92 Å². The van der Waals surface area contributed by atoms with E-state index in [1.165, 1.54) is 10.4 Å². The second-order valence-corrected chi connectivity index (χ2v) is 5.77. The minimum atomic E-state index is -0.0635. The monoisotopic (exact) mass is 275 g/mol. The van der Waals surface area contributed by atoms with Gasteiger partial charge < -0.3 is 4.98 Å². The van der Waals surface area contributed by atoms with Gasteiger partial charge in [0.05, 0.1) is 0 Å². The first-order valence-corrected chi connectivity index (χ1v) is 6.73. The molecule has 1 N–H and O–H groups in total. The molecule has 0 saturated carbocycles. The molecule has 18 heavy (non-hydrogen) atoms. The Morgan fingerprint density at radius 3 is 2.56 bits per heavy atom. The quantitative estimate of drug-likeness (QED) is 0.709. The highest BCUT2D eigenvalue weighted by Crippen LogP contribution is 2.36. The van der Waals surface area contributed by atoms with Crippen molar-refractivity contribution in [2.75, 3.05) is 0 Å². The van der Waals surface area contributed by atoms with Crippen molar-refractivity contribution in [3.8, 4) is 11.1 Å². The topological polar surface area (TPSA) is 32.9 Å². The molecule has 0 radical (unpaired) electrons. The molecule has 0 atom stereocenters. The van der Waals surface area contributed by atoms with Crippen molar-refractivity contribution < 1.29 is 0 Å². The summed E-state index contributed by atoms with van der Waals surface area (Å²) in [4.78, 5) is 16.3. The molecular weight excluding hydrogens is 266 g/mol. The number of fused-ring (bicyclic) bond motifs is 1. The molecule has 3 aromatic rings. The molecule has 1 aromatic carbocycles. The molecule has 0 aliphatic carbocycles. The number of H-pyrrole nitrogens is 1. The zero-order valence-corrected chi connectivity index (χ0v) is 11.2. The second kappa shape index (κ2) is 4.26. The normalized spacial score (nSPS) is 11.0. The zero-order chi connectivity index (χ0) is 12.7. The maximum atomic E-state index is 11.3. The predicted molar refractivity (Wildman–Crippen MR) is 77.6 cm³/mol. The fourth-order valence-corrected chi connectivity index (χ4v) is 3.30. The minimum absolute atomic E-state index is 0.0635. The molecule has 0 unspecified atom stereocenters. The van der Waals surface area contributed by atoms with Crippen LogP contribution >= 0.6 is 22.9 Å². The molecule has 0 aliphatic rings. The van der Waals surface area contributed by atoms with Crippen LogP contribution in [0.1, 0.15) is 4.88 Å². The van der Waals surface area contributed by atoms with Crippen LogP contribution in [-0.2, 0) is 0 Å². The van der Waals surface area contributed by atoms with E-state index in [2.05, 4.69) is 11.9 Å². The fraction of sp³-hybridized carbons (Fsp3) is 0.0714. The first-order valence-electron chi connectivity index (χ1n) is 5.53. The van der Waals surface area contributed by atoms with E-state index in [9.17, 15) is 4.79 Å². The van der Waals surface area contributed by atoms with Gasteiger partial charge in [-0.25, -0.2) is 0 Å². The SMILES string of the molecule is Cc1sc2[nH]c(=O)ccc2c1-c1ccc(Cl)cc1. The average Bonchev–Trinajstić information content (AvgIpc) is 2.65. The van der Waals surface area contributed by atoms with Gasteiger partial charge in [-0.05, 0) is 30.7 Å². The Kier molecular flexibility index (Phi) is 2.73. The molecule has 4 heteroatoms. The van der Waals surface area contributed by atoms with Gasteiger partial charge in [0, 0.05) is 26.9 Å². The fourth-order valence-electron chi connectivity index (χ4n) is 2.10. The van der Waals surface area contributed by atoms with E-state index in [1.807, 2.05) is 30.3 Å². The predicted octanol–water partition coefficient (Wildman–Crippen LogP) is 4.22. The summed E-state index contributed by atoms with van der Waals surface area (Å²) in [5.74, 6) is 0.